The first-order chi connectivity index (χ1) is 10.5. The molecule has 1 unspecified atom stereocenters. The van der Waals surface area contributed by atoms with Crippen molar-refractivity contribution in [2.45, 2.75) is 29.5 Å². The summed E-state index contributed by atoms with van der Waals surface area (Å²) in [6, 6.07) is 17.3. The number of hydrogen-bond donors (Lipinski definition) is 1. The van der Waals surface area contributed by atoms with Crippen molar-refractivity contribution in [2.24, 2.45) is 0 Å². The summed E-state index contributed by atoms with van der Waals surface area (Å²) >= 11 is 12.7. The quantitative estimate of drug-likeness (QED) is 0.807. The molecule has 1 aliphatic rings. The molecule has 1 fully saturated rings. The Morgan fingerprint density at radius 3 is 2.27 bits per heavy atom. The summed E-state index contributed by atoms with van der Waals surface area (Å²) in [6.07, 6.45) is 1.27. The molecule has 2 aromatic rings. The number of alkyl halides is 2. The fourth-order valence-electron chi connectivity index (χ4n) is 2.88. The number of anilines is 1. The van der Waals surface area contributed by atoms with E-state index in [4.69, 9.17) is 23.2 Å². The summed E-state index contributed by atoms with van der Waals surface area (Å²) in [5.74, 6) is -0.149. The van der Waals surface area contributed by atoms with E-state index in [1.54, 1.807) is 0 Å². The second-order valence-corrected chi connectivity index (χ2v) is 7.10. The van der Waals surface area contributed by atoms with Crippen molar-refractivity contribution < 1.29 is 4.79 Å². The highest BCUT2D eigenvalue weighted by Gasteiger charge is 2.72. The van der Waals surface area contributed by atoms with Crippen molar-refractivity contribution in [3.05, 3.63) is 65.7 Å². The fourth-order valence-corrected chi connectivity index (χ4v) is 3.67. The number of hydrogen-bond acceptors (Lipinski definition) is 1. The van der Waals surface area contributed by atoms with Crippen LogP contribution >= 0.6 is 23.2 Å². The van der Waals surface area contributed by atoms with Crippen LogP contribution in [0.2, 0.25) is 0 Å². The summed E-state index contributed by atoms with van der Waals surface area (Å²) in [4.78, 5) is 12.9. The number of aryl methyl sites for hydroxylation is 1. The Labute approximate surface area is 140 Å². The molecule has 22 heavy (non-hydrogen) atoms. The monoisotopic (exact) mass is 333 g/mol. The molecule has 3 rings (SSSR count). The molecule has 2 nitrogen and oxygen atoms in total. The molecule has 1 amide bonds. The summed E-state index contributed by atoms with van der Waals surface area (Å²) in [7, 11) is 0. The molecule has 0 spiro atoms. The van der Waals surface area contributed by atoms with Crippen LogP contribution in [-0.2, 0) is 16.6 Å². The van der Waals surface area contributed by atoms with E-state index in [1.165, 1.54) is 0 Å². The van der Waals surface area contributed by atoms with Gasteiger partial charge in [0.1, 0.15) is 9.75 Å². The van der Waals surface area contributed by atoms with Crippen molar-refractivity contribution in [1.29, 1.82) is 0 Å². The molecule has 1 aliphatic carbocycles. The molecule has 0 saturated heterocycles. The second kappa shape index (κ2) is 5.60. The van der Waals surface area contributed by atoms with Crippen LogP contribution in [0, 0.1) is 0 Å². The van der Waals surface area contributed by atoms with Crippen LogP contribution in [-0.4, -0.2) is 10.2 Å². The molecule has 4 heteroatoms. The maximum atomic E-state index is 12.9. The van der Waals surface area contributed by atoms with Crippen LogP contribution < -0.4 is 5.32 Å². The SMILES string of the molecule is CCc1ccccc1NC(=O)C1(c2ccccc2)CC1(Cl)Cl. The Balaban J connectivity index is 1.93. The van der Waals surface area contributed by atoms with Gasteiger partial charge in [-0.3, -0.25) is 4.79 Å². The van der Waals surface area contributed by atoms with Crippen LogP contribution in [0.25, 0.3) is 0 Å². The summed E-state index contributed by atoms with van der Waals surface area (Å²) in [5, 5.41) is 3.01. The number of halogens is 2. The van der Waals surface area contributed by atoms with Gasteiger partial charge in [-0.1, -0.05) is 55.5 Å². The van der Waals surface area contributed by atoms with Gasteiger partial charge in [0.25, 0.3) is 0 Å². The predicted molar refractivity (Wildman–Crippen MR) is 91.6 cm³/mol. The van der Waals surface area contributed by atoms with Crippen LogP contribution in [0.5, 0.6) is 0 Å². The van der Waals surface area contributed by atoms with Gasteiger partial charge in [0, 0.05) is 12.1 Å². The molecule has 1 N–H and O–H groups in total. The van der Waals surface area contributed by atoms with Crippen molar-refractivity contribution in [2.75, 3.05) is 5.32 Å². The Bertz CT molecular complexity index is 699. The third-order valence-electron chi connectivity index (χ3n) is 4.29. The molecule has 0 radical (unpaired) electrons. The largest absolute Gasteiger partial charge is 0.325 e. The summed E-state index contributed by atoms with van der Waals surface area (Å²) in [6.45, 7) is 2.06. The van der Waals surface area contributed by atoms with Gasteiger partial charge in [-0.15, -0.1) is 23.2 Å². The molecule has 0 aliphatic heterocycles. The number of para-hydroxylation sites is 1. The van der Waals surface area contributed by atoms with Crippen molar-refractivity contribution >= 4 is 34.8 Å². The first-order valence-corrected chi connectivity index (χ1v) is 8.09. The number of carbonyl (C=O) groups is 1. The van der Waals surface area contributed by atoms with Crippen LogP contribution in [0.4, 0.5) is 5.69 Å². The zero-order chi connectivity index (χ0) is 15.8. The molecule has 1 saturated carbocycles. The predicted octanol–water partition coefficient (Wildman–Crippen LogP) is 4.70. The number of nitrogens with one attached hydrogen (secondary N) is 1. The van der Waals surface area contributed by atoms with E-state index in [9.17, 15) is 4.79 Å². The summed E-state index contributed by atoms with van der Waals surface area (Å²) < 4.78 is -1.06. The molecule has 1 atom stereocenters. The first-order valence-electron chi connectivity index (χ1n) is 7.34. The molecule has 0 heterocycles. The van der Waals surface area contributed by atoms with Gasteiger partial charge in [0.15, 0.2) is 0 Å². The number of benzene rings is 2. The van der Waals surface area contributed by atoms with Gasteiger partial charge in [0.2, 0.25) is 5.91 Å². The lowest BCUT2D eigenvalue weighted by Gasteiger charge is -2.19. The highest BCUT2D eigenvalue weighted by Crippen LogP contribution is 2.65. The number of rotatable bonds is 4. The van der Waals surface area contributed by atoms with Gasteiger partial charge in [0.05, 0.1) is 0 Å². The maximum Gasteiger partial charge on any atom is 0.238 e. The third-order valence-corrected chi connectivity index (χ3v) is 5.20. The number of amides is 1. The average Bonchev–Trinajstić information content (AvgIpc) is 3.13. The minimum atomic E-state index is -1.06. The lowest BCUT2D eigenvalue weighted by Crippen LogP contribution is -2.32. The second-order valence-electron chi connectivity index (χ2n) is 5.62. The maximum absolute atomic E-state index is 12.9. The van der Waals surface area contributed by atoms with Gasteiger partial charge in [-0.2, -0.15) is 0 Å². The molecular weight excluding hydrogens is 317 g/mol. The Morgan fingerprint density at radius 1 is 1.09 bits per heavy atom. The van der Waals surface area contributed by atoms with E-state index in [-0.39, 0.29) is 5.91 Å². The van der Waals surface area contributed by atoms with E-state index in [0.717, 1.165) is 23.2 Å². The molecule has 0 aromatic heterocycles. The highest BCUT2D eigenvalue weighted by atomic mass is 35.5. The zero-order valence-corrected chi connectivity index (χ0v) is 13.8. The van der Waals surface area contributed by atoms with E-state index in [1.807, 2.05) is 54.6 Å². The van der Waals surface area contributed by atoms with E-state index < -0.39 is 9.75 Å². The van der Waals surface area contributed by atoms with Crippen molar-refractivity contribution in [3.63, 3.8) is 0 Å². The summed E-state index contributed by atoms with van der Waals surface area (Å²) in [5.41, 5.74) is 1.89. The van der Waals surface area contributed by atoms with Crippen LogP contribution in [0.3, 0.4) is 0 Å². The van der Waals surface area contributed by atoms with Gasteiger partial charge < -0.3 is 5.32 Å². The normalized spacial score (nSPS) is 22.1. The smallest absolute Gasteiger partial charge is 0.238 e. The zero-order valence-electron chi connectivity index (χ0n) is 12.3. The first kappa shape index (κ1) is 15.4. The fraction of sp³-hybridized carbons (Fsp3) is 0.278. The van der Waals surface area contributed by atoms with Crippen LogP contribution in [0.15, 0.2) is 54.6 Å². The average molecular weight is 334 g/mol. The molecule has 0 bridgehead atoms. The minimum Gasteiger partial charge on any atom is -0.325 e. The highest BCUT2D eigenvalue weighted by molar-refractivity contribution is 6.54. The Morgan fingerprint density at radius 2 is 1.68 bits per heavy atom. The Kier molecular flexibility index (Phi) is 3.92. The van der Waals surface area contributed by atoms with E-state index in [2.05, 4.69) is 12.2 Å². The van der Waals surface area contributed by atoms with Crippen molar-refractivity contribution in [1.82, 2.24) is 0 Å². The van der Waals surface area contributed by atoms with Gasteiger partial charge in [-0.25, -0.2) is 0 Å². The minimum absolute atomic E-state index is 0.149. The molecule has 114 valence electrons. The van der Waals surface area contributed by atoms with Gasteiger partial charge >= 0.3 is 0 Å². The van der Waals surface area contributed by atoms with E-state index >= 15 is 0 Å². The molecular formula is C18H17Cl2NO. The van der Waals surface area contributed by atoms with Gasteiger partial charge in [-0.05, 0) is 23.6 Å². The molecule has 2 aromatic carbocycles. The lowest BCUT2D eigenvalue weighted by molar-refractivity contribution is -0.118. The third kappa shape index (κ3) is 2.41. The number of carbonyl (C=O) groups excluding carboxylic acids is 1. The lowest BCUT2D eigenvalue weighted by atomic mass is 9.94. The topological polar surface area (TPSA) is 29.1 Å². The Hall–Kier alpha value is -1.51. The standard InChI is InChI=1S/C18H17Cl2NO/c1-2-13-8-6-7-11-15(13)21-16(22)17(12-18(17,19)20)14-9-4-3-5-10-14/h3-11H,2,12H2,1H3,(H,21,22). The van der Waals surface area contributed by atoms with Crippen molar-refractivity contribution in [3.8, 4) is 0 Å². The van der Waals surface area contributed by atoms with Crippen LogP contribution in [0.1, 0.15) is 24.5 Å². The van der Waals surface area contributed by atoms with E-state index in [0.29, 0.717) is 6.42 Å².